The lowest BCUT2D eigenvalue weighted by Gasteiger charge is -2.10. The Labute approximate surface area is 156 Å². The summed E-state index contributed by atoms with van der Waals surface area (Å²) >= 11 is 3.31. The zero-order valence-corrected chi connectivity index (χ0v) is 16.0. The molecule has 0 radical (unpaired) electrons. The van der Waals surface area contributed by atoms with Crippen LogP contribution >= 0.6 is 15.9 Å². The third-order valence-corrected chi connectivity index (χ3v) is 4.58. The average molecular weight is 408 g/mol. The first kappa shape index (κ1) is 19.2. The molecule has 5 nitrogen and oxygen atoms in total. The van der Waals surface area contributed by atoms with E-state index in [0.717, 1.165) is 28.0 Å². The molecule has 1 unspecified atom stereocenters. The van der Waals surface area contributed by atoms with Gasteiger partial charge in [-0.1, -0.05) is 35.0 Å². The van der Waals surface area contributed by atoms with Crippen LogP contribution in [0.3, 0.4) is 0 Å². The fourth-order valence-corrected chi connectivity index (χ4v) is 2.93. The molecule has 2 aromatic rings. The predicted octanol–water partition coefficient (Wildman–Crippen LogP) is 2.98. The number of aryl methyl sites for hydroxylation is 1. The van der Waals surface area contributed by atoms with Crippen LogP contribution in [0.15, 0.2) is 42.6 Å². The van der Waals surface area contributed by atoms with Crippen LogP contribution in [-0.4, -0.2) is 24.5 Å². The van der Waals surface area contributed by atoms with Crippen molar-refractivity contribution in [1.29, 1.82) is 0 Å². The van der Waals surface area contributed by atoms with E-state index >= 15 is 0 Å². The Hall–Kier alpha value is -2.08. The van der Waals surface area contributed by atoms with E-state index in [1.165, 1.54) is 7.11 Å². The van der Waals surface area contributed by atoms with Gasteiger partial charge in [0.1, 0.15) is 10.6 Å². The number of carbonyl (C=O) groups is 1. The summed E-state index contributed by atoms with van der Waals surface area (Å²) < 4.78 is 11.3. The molecule has 0 bridgehead atoms. The highest BCUT2D eigenvalue weighted by molar-refractivity contribution is 9.10. The molecule has 0 amide bonds. The summed E-state index contributed by atoms with van der Waals surface area (Å²) in [4.78, 5) is 11.0. The van der Waals surface area contributed by atoms with Gasteiger partial charge in [0.2, 0.25) is 0 Å². The van der Waals surface area contributed by atoms with Crippen LogP contribution in [0.5, 0.6) is 5.75 Å². The number of rotatable bonds is 8. The molecule has 0 spiro atoms. The molecule has 0 saturated heterocycles. The van der Waals surface area contributed by atoms with Crippen LogP contribution in [0, 0.1) is 5.21 Å². The molecule has 0 saturated carbocycles. The van der Waals surface area contributed by atoms with Crippen LogP contribution in [-0.2, 0) is 28.8 Å². The van der Waals surface area contributed by atoms with Crippen molar-refractivity contribution in [3.05, 3.63) is 64.6 Å². The molecular weight excluding hydrogens is 386 g/mol. The Bertz CT molecular complexity index is 703. The highest BCUT2D eigenvalue weighted by Gasteiger charge is 2.15. The van der Waals surface area contributed by atoms with Gasteiger partial charge in [-0.05, 0) is 36.6 Å². The third kappa shape index (κ3) is 5.74. The van der Waals surface area contributed by atoms with Gasteiger partial charge >= 0.3 is 5.97 Å². The molecule has 0 aliphatic rings. The van der Waals surface area contributed by atoms with Gasteiger partial charge < -0.3 is 14.7 Å². The second-order valence-electron chi connectivity index (χ2n) is 5.65. The van der Waals surface area contributed by atoms with E-state index in [9.17, 15) is 10.0 Å². The maximum absolute atomic E-state index is 11.9. The lowest BCUT2D eigenvalue weighted by molar-refractivity contribution is -0.614. The monoisotopic (exact) mass is 407 g/mol. The molecule has 0 aliphatic heterocycles. The van der Waals surface area contributed by atoms with E-state index in [0.29, 0.717) is 25.1 Å². The number of nitrogens with zero attached hydrogens (tertiary/aromatic N) is 1. The predicted molar refractivity (Wildman–Crippen MR) is 98.9 cm³/mol. The van der Waals surface area contributed by atoms with Gasteiger partial charge in [-0.3, -0.25) is 4.79 Å². The molecule has 0 N–H and O–H groups in total. The molecule has 2 rings (SSSR count). The molecule has 1 aromatic carbocycles. The first-order valence-corrected chi connectivity index (χ1v) is 9.09. The summed E-state index contributed by atoms with van der Waals surface area (Å²) in [5, 5.41) is 11.9. The van der Waals surface area contributed by atoms with Gasteiger partial charge in [-0.25, -0.2) is 0 Å². The number of aromatic nitrogens is 1. The smallest absolute Gasteiger partial charge is 0.319 e. The first-order valence-electron chi connectivity index (χ1n) is 8.18. The van der Waals surface area contributed by atoms with E-state index in [1.54, 1.807) is 6.20 Å². The number of halogens is 1. The first-order chi connectivity index (χ1) is 12.0. The van der Waals surface area contributed by atoms with Crippen LogP contribution in [0.2, 0.25) is 0 Å². The fourth-order valence-electron chi connectivity index (χ4n) is 2.37. The maximum Gasteiger partial charge on any atom is 0.319 e. The van der Waals surface area contributed by atoms with E-state index in [-0.39, 0.29) is 10.8 Å². The van der Waals surface area contributed by atoms with Crippen molar-refractivity contribution in [3.63, 3.8) is 0 Å². The van der Waals surface area contributed by atoms with Crippen molar-refractivity contribution in [1.82, 2.24) is 0 Å². The minimum atomic E-state index is -0.358. The van der Waals surface area contributed by atoms with E-state index in [4.69, 9.17) is 4.74 Å². The number of hydrogen-bond donors (Lipinski definition) is 0. The van der Waals surface area contributed by atoms with Crippen molar-refractivity contribution in [2.75, 3.05) is 13.7 Å². The Morgan fingerprint density at radius 2 is 1.88 bits per heavy atom. The van der Waals surface area contributed by atoms with Gasteiger partial charge in [-0.2, -0.15) is 4.73 Å². The molecule has 1 atom stereocenters. The number of benzene rings is 1. The normalized spacial score (nSPS) is 11.8. The SMILES string of the molecule is CCc1ccc(CCOc2ccc(CC(Br)C(=O)OC)cc2)[n+]([O-])c1. The van der Waals surface area contributed by atoms with E-state index in [2.05, 4.69) is 20.7 Å². The number of methoxy groups -OCH3 is 1. The van der Waals surface area contributed by atoms with E-state index < -0.39 is 0 Å². The van der Waals surface area contributed by atoms with Crippen molar-refractivity contribution in [2.24, 2.45) is 0 Å². The molecule has 1 heterocycles. The number of ether oxygens (including phenoxy) is 2. The molecule has 25 heavy (non-hydrogen) atoms. The average Bonchev–Trinajstić information content (AvgIpc) is 2.63. The maximum atomic E-state index is 11.9. The summed E-state index contributed by atoms with van der Waals surface area (Å²) in [5.74, 6) is 0.441. The molecule has 6 heteroatoms. The minimum Gasteiger partial charge on any atom is -0.618 e. The van der Waals surface area contributed by atoms with Crippen LogP contribution in [0.25, 0.3) is 0 Å². The van der Waals surface area contributed by atoms with Crippen molar-refractivity contribution >= 4 is 21.9 Å². The van der Waals surface area contributed by atoms with E-state index in [1.807, 2.05) is 43.3 Å². The Morgan fingerprint density at radius 3 is 2.48 bits per heavy atom. The zero-order valence-electron chi connectivity index (χ0n) is 14.4. The van der Waals surface area contributed by atoms with Crippen molar-refractivity contribution < 1.29 is 19.0 Å². The number of hydrogen-bond acceptors (Lipinski definition) is 4. The minimum absolute atomic E-state index is 0.291. The summed E-state index contributed by atoms with van der Waals surface area (Å²) in [6, 6.07) is 11.4. The molecule has 0 fully saturated rings. The Morgan fingerprint density at radius 1 is 1.20 bits per heavy atom. The Kier molecular flexibility index (Phi) is 7.25. The van der Waals surface area contributed by atoms with Crippen molar-refractivity contribution in [2.45, 2.75) is 31.0 Å². The number of alkyl halides is 1. The van der Waals surface area contributed by atoms with Crippen molar-refractivity contribution in [3.8, 4) is 5.75 Å². The largest absolute Gasteiger partial charge is 0.618 e. The summed E-state index contributed by atoms with van der Waals surface area (Å²) in [6.07, 6.45) is 3.55. The lowest BCUT2D eigenvalue weighted by atomic mass is 10.1. The van der Waals surface area contributed by atoms with Gasteiger partial charge in [0.05, 0.1) is 20.1 Å². The summed E-state index contributed by atoms with van der Waals surface area (Å²) in [5.41, 5.74) is 2.72. The van der Waals surface area contributed by atoms with Crippen LogP contribution < -0.4 is 9.47 Å². The number of carbonyl (C=O) groups excluding carboxylic acids is 1. The molecule has 134 valence electrons. The highest BCUT2D eigenvalue weighted by atomic mass is 79.9. The fraction of sp³-hybridized carbons (Fsp3) is 0.368. The van der Waals surface area contributed by atoms with Gasteiger partial charge in [0, 0.05) is 11.6 Å². The molecule has 1 aromatic heterocycles. The van der Waals surface area contributed by atoms with Gasteiger partial charge in [0.25, 0.3) is 0 Å². The highest BCUT2D eigenvalue weighted by Crippen LogP contribution is 2.16. The topological polar surface area (TPSA) is 62.5 Å². The molecular formula is C19H22BrNO4. The van der Waals surface area contributed by atoms with Crippen LogP contribution in [0.1, 0.15) is 23.7 Å². The quantitative estimate of drug-likeness (QED) is 0.292. The lowest BCUT2D eigenvalue weighted by Crippen LogP contribution is -2.32. The third-order valence-electron chi connectivity index (χ3n) is 3.89. The zero-order chi connectivity index (χ0) is 18.2. The standard InChI is InChI=1S/C19H22BrNO4/c1-3-14-4-7-16(21(23)13-14)10-11-25-17-8-5-15(6-9-17)12-18(20)19(22)24-2/h4-9,13,18H,3,10-12H2,1-2H3. The summed E-state index contributed by atoms with van der Waals surface area (Å²) in [6.45, 7) is 2.45. The van der Waals surface area contributed by atoms with Gasteiger partial charge in [0.15, 0.2) is 11.9 Å². The Balaban J connectivity index is 1.84. The number of esters is 1. The number of pyridine rings is 1. The second-order valence-corrected chi connectivity index (χ2v) is 6.75. The van der Waals surface area contributed by atoms with Crippen LogP contribution in [0.4, 0.5) is 0 Å². The van der Waals surface area contributed by atoms with Gasteiger partial charge in [-0.15, -0.1) is 0 Å². The molecule has 0 aliphatic carbocycles. The summed E-state index contributed by atoms with van der Waals surface area (Å²) in [7, 11) is 1.37. The second kappa shape index (κ2) is 9.42.